The zero-order chi connectivity index (χ0) is 23.4. The molecule has 160 valence electrons. The molecule has 12 nitrogen and oxygen atoms in total. The number of thiocarbonyl (C=S) groups is 4. The minimum absolute atomic E-state index is 0. The Bertz CT molecular complexity index is 474. The molecule has 0 atom stereocenters. The molecule has 0 amide bonds. The van der Waals surface area contributed by atoms with E-state index in [9.17, 15) is 40.5 Å². The molecule has 0 saturated heterocycles. The van der Waals surface area contributed by atoms with Crippen LogP contribution in [0.25, 0.3) is 0 Å². The van der Waals surface area contributed by atoms with E-state index in [4.69, 9.17) is 0 Å². The molecular weight excluding hydrogens is 667 g/mol. The molecular formula is C8H8N4O8S8Zn2. The molecule has 30 heavy (non-hydrogen) atoms. The van der Waals surface area contributed by atoms with E-state index in [0.717, 1.165) is 0 Å². The number of nitro groups is 4. The average molecular weight is 675 g/mol. The van der Waals surface area contributed by atoms with Gasteiger partial charge in [0.05, 0.1) is 0 Å². The Kier molecular flexibility index (Phi) is 42.5. The standard InChI is InChI=1S/4C2H3NO2S2.2Zn/c4*4-3(5)1-2(6)7;;/h4*1H2,(H,6,7);;/q;;;;2*+2/p-4. The van der Waals surface area contributed by atoms with Crippen molar-refractivity contribution in [2.24, 2.45) is 0 Å². The molecule has 0 aromatic heterocycles. The maximum atomic E-state index is 9.46. The van der Waals surface area contributed by atoms with Crippen molar-refractivity contribution in [2.75, 3.05) is 26.2 Å². The van der Waals surface area contributed by atoms with Gasteiger partial charge in [0.2, 0.25) is 26.2 Å². The molecule has 0 aromatic carbocycles. The van der Waals surface area contributed by atoms with Crippen LogP contribution in [-0.4, -0.2) is 62.7 Å². The summed E-state index contributed by atoms with van der Waals surface area (Å²) in [6, 6.07) is 0. The third-order valence-electron chi connectivity index (χ3n) is 1.03. The Balaban J connectivity index is -0.0000000626. The summed E-state index contributed by atoms with van der Waals surface area (Å²) in [5.74, 6) is 0. The smallest absolute Gasteiger partial charge is 0.427 e. The predicted molar refractivity (Wildman–Crippen MR) is 127 cm³/mol. The predicted octanol–water partition coefficient (Wildman–Crippen LogP) is 0.545. The summed E-state index contributed by atoms with van der Waals surface area (Å²) in [5.41, 5.74) is 0. The molecule has 0 rings (SSSR count). The van der Waals surface area contributed by atoms with Crippen molar-refractivity contribution in [3.8, 4) is 0 Å². The van der Waals surface area contributed by atoms with Crippen molar-refractivity contribution in [1.29, 1.82) is 0 Å². The van der Waals surface area contributed by atoms with Gasteiger partial charge < -0.3 is 99.4 Å². The van der Waals surface area contributed by atoms with Crippen LogP contribution in [-0.2, 0) is 89.5 Å². The molecule has 0 N–H and O–H groups in total. The molecule has 0 fully saturated rings. The van der Waals surface area contributed by atoms with Crippen LogP contribution in [0.1, 0.15) is 0 Å². The molecule has 0 spiro atoms. The second-order valence-corrected chi connectivity index (χ2v) is 8.43. The quantitative estimate of drug-likeness (QED) is 0.115. The number of hydrogen-bond acceptors (Lipinski definition) is 16. The van der Waals surface area contributed by atoms with Gasteiger partial charge in [-0.05, 0) is 0 Å². The van der Waals surface area contributed by atoms with Crippen LogP contribution >= 0.6 is 48.9 Å². The monoisotopic (exact) mass is 672 g/mol. The third-order valence-corrected chi connectivity index (χ3v) is 2.07. The number of hydrogen-bond donors (Lipinski definition) is 0. The van der Waals surface area contributed by atoms with Crippen LogP contribution in [0.2, 0.25) is 0 Å². The van der Waals surface area contributed by atoms with E-state index in [1.165, 1.54) is 0 Å². The summed E-state index contributed by atoms with van der Waals surface area (Å²) in [6.45, 7) is -1.48. The van der Waals surface area contributed by atoms with Crippen LogP contribution < -0.4 is 0 Å². The summed E-state index contributed by atoms with van der Waals surface area (Å²) in [7, 11) is 0. The molecule has 0 radical (unpaired) electrons. The van der Waals surface area contributed by atoms with Gasteiger partial charge in [0.1, 0.15) is 0 Å². The molecule has 0 bridgehead atoms. The Morgan fingerprint density at radius 2 is 0.600 bits per heavy atom. The average Bonchev–Trinajstić information content (AvgIpc) is 2.32. The van der Waals surface area contributed by atoms with E-state index in [-0.39, 0.29) is 81.9 Å². The van der Waals surface area contributed by atoms with Crippen LogP contribution in [0.5, 0.6) is 0 Å². The molecule has 0 unspecified atom stereocenters. The molecule has 22 heteroatoms. The minimum Gasteiger partial charge on any atom is -0.427 e. The summed E-state index contributed by atoms with van der Waals surface area (Å²) < 4.78 is 0.0185. The minimum atomic E-state index is -0.546. The van der Waals surface area contributed by atoms with E-state index in [1.54, 1.807) is 0 Å². The van der Waals surface area contributed by atoms with E-state index >= 15 is 0 Å². The molecule has 0 saturated carbocycles. The fourth-order valence-electron chi connectivity index (χ4n) is 0.422. The van der Waals surface area contributed by atoms with Gasteiger partial charge in [-0.15, -0.1) is 0 Å². The summed E-state index contributed by atoms with van der Waals surface area (Å²) in [4.78, 5) is 35.7. The molecule has 0 aliphatic carbocycles. The van der Waals surface area contributed by atoms with Gasteiger partial charge in [-0.25, -0.2) is 0 Å². The van der Waals surface area contributed by atoms with Gasteiger partial charge in [-0.3, -0.25) is 40.5 Å². The normalized spacial score (nSPS) is 7.47. The second-order valence-electron chi connectivity index (χ2n) is 3.45. The van der Waals surface area contributed by atoms with Crippen LogP contribution in [0.3, 0.4) is 0 Å². The zero-order valence-electron chi connectivity index (χ0n) is 14.6. The first-order chi connectivity index (χ1) is 12.5. The first-order valence-corrected chi connectivity index (χ1v) is 9.04. The fourth-order valence-corrected chi connectivity index (χ4v) is 1.26. The van der Waals surface area contributed by atoms with Crippen molar-refractivity contribution in [2.45, 2.75) is 0 Å². The topological polar surface area (TPSA) is 173 Å². The van der Waals surface area contributed by atoms with Gasteiger partial charge >= 0.3 is 39.0 Å². The van der Waals surface area contributed by atoms with Gasteiger partial charge in [0.25, 0.3) is 0 Å². The summed E-state index contributed by atoms with van der Waals surface area (Å²) in [5, 5.41) is 37.8. The molecule has 0 aliphatic rings. The first kappa shape index (κ1) is 43.9. The van der Waals surface area contributed by atoms with E-state index in [2.05, 4.69) is 99.4 Å². The first-order valence-electron chi connectivity index (χ1n) is 5.77. The van der Waals surface area contributed by atoms with Crippen molar-refractivity contribution >= 4 is 116 Å². The maximum Gasteiger partial charge on any atom is 2.00 e. The largest absolute Gasteiger partial charge is 2.00 e. The van der Waals surface area contributed by atoms with Crippen LogP contribution in [0, 0.1) is 40.5 Å². The van der Waals surface area contributed by atoms with Gasteiger partial charge in [0.15, 0.2) is 0 Å². The molecule has 0 aromatic rings. The summed E-state index contributed by atoms with van der Waals surface area (Å²) in [6.07, 6.45) is 0. The fraction of sp³-hybridized carbons (Fsp3) is 0.500. The van der Waals surface area contributed by atoms with Crippen LogP contribution in [0.4, 0.5) is 0 Å². The molecule has 0 aliphatic heterocycles. The SMILES string of the molecule is O=[N+]([O-])CC(=S)[S-].O=[N+]([O-])CC(=S)[S-].O=[N+]([O-])CC(=S)[S-].O=[N+]([O-])CC(=S)[S-].[Zn+2].[Zn+2]. The van der Waals surface area contributed by atoms with Crippen LogP contribution in [0.15, 0.2) is 0 Å². The van der Waals surface area contributed by atoms with E-state index in [1.807, 2.05) is 0 Å². The van der Waals surface area contributed by atoms with Crippen molar-refractivity contribution in [3.63, 3.8) is 0 Å². The number of nitrogens with zero attached hydrogens (tertiary/aromatic N) is 4. The van der Waals surface area contributed by atoms with E-state index < -0.39 is 19.7 Å². The summed E-state index contributed by atoms with van der Waals surface area (Å²) >= 11 is 34.0. The Morgan fingerprint density at radius 1 is 0.500 bits per heavy atom. The van der Waals surface area contributed by atoms with Crippen molar-refractivity contribution in [1.82, 2.24) is 0 Å². The van der Waals surface area contributed by atoms with E-state index in [0.29, 0.717) is 0 Å². The van der Waals surface area contributed by atoms with Gasteiger partial charge in [-0.1, -0.05) is 16.8 Å². The van der Waals surface area contributed by atoms with Gasteiger partial charge in [0, 0.05) is 19.7 Å². The Hall–Kier alpha value is 0.0868. The maximum absolute atomic E-state index is 9.46. The Labute approximate surface area is 239 Å². The third kappa shape index (κ3) is 79.6. The van der Waals surface area contributed by atoms with Crippen molar-refractivity contribution in [3.05, 3.63) is 40.5 Å². The zero-order valence-corrected chi connectivity index (χ0v) is 27.0. The second kappa shape index (κ2) is 29.1. The number of rotatable bonds is 8. The van der Waals surface area contributed by atoms with Crippen molar-refractivity contribution < 1.29 is 58.6 Å². The molecule has 0 heterocycles. The van der Waals surface area contributed by atoms with Gasteiger partial charge in [-0.2, -0.15) is 0 Å². The Morgan fingerprint density at radius 3 is 0.600 bits per heavy atom.